The van der Waals surface area contributed by atoms with Gasteiger partial charge in [0.1, 0.15) is 0 Å². The van der Waals surface area contributed by atoms with Gasteiger partial charge in [-0.3, -0.25) is 4.79 Å². The summed E-state index contributed by atoms with van der Waals surface area (Å²) < 4.78 is 5.49. The minimum Gasteiger partial charge on any atom is -0.381 e. The first-order valence-corrected chi connectivity index (χ1v) is 8.58. The molecule has 116 valence electrons. The maximum Gasteiger partial charge on any atom is 0.232 e. The molecule has 0 spiro atoms. The summed E-state index contributed by atoms with van der Waals surface area (Å²) in [5, 5.41) is 5.25. The quantitative estimate of drug-likeness (QED) is 0.935. The van der Waals surface area contributed by atoms with Crippen LogP contribution >= 0.6 is 11.3 Å². The van der Waals surface area contributed by atoms with Crippen molar-refractivity contribution in [3.8, 4) is 0 Å². The summed E-state index contributed by atoms with van der Waals surface area (Å²) in [6.07, 6.45) is 1.50. The fraction of sp³-hybridized carbons (Fsp3) is 0.389. The van der Waals surface area contributed by atoms with E-state index in [0.717, 1.165) is 23.3 Å². The van der Waals surface area contributed by atoms with Crippen molar-refractivity contribution in [2.75, 3.05) is 13.2 Å². The molecule has 2 aromatic rings. The first-order chi connectivity index (χ1) is 10.7. The Balaban J connectivity index is 1.81. The smallest absolute Gasteiger partial charge is 0.232 e. The molecule has 1 aliphatic heterocycles. The molecule has 3 nitrogen and oxygen atoms in total. The molecule has 0 aliphatic carbocycles. The van der Waals surface area contributed by atoms with E-state index in [-0.39, 0.29) is 11.9 Å². The molecule has 0 radical (unpaired) electrons. The Labute approximate surface area is 135 Å². The molecule has 22 heavy (non-hydrogen) atoms. The van der Waals surface area contributed by atoms with Crippen LogP contribution in [-0.4, -0.2) is 19.1 Å². The number of rotatable bonds is 4. The molecule has 0 bridgehead atoms. The predicted octanol–water partition coefficient (Wildman–Crippen LogP) is 3.67. The normalized spacial score (nSPS) is 18.6. The van der Waals surface area contributed by atoms with Crippen LogP contribution in [0.15, 0.2) is 47.8 Å². The van der Waals surface area contributed by atoms with Crippen LogP contribution in [0.2, 0.25) is 0 Å². The fourth-order valence-electron chi connectivity index (χ4n) is 3.02. The second-order valence-corrected chi connectivity index (χ2v) is 6.73. The monoisotopic (exact) mass is 315 g/mol. The fourth-order valence-corrected chi connectivity index (χ4v) is 4.00. The number of hydrogen-bond acceptors (Lipinski definition) is 3. The first kappa shape index (κ1) is 15.3. The highest BCUT2D eigenvalue weighted by molar-refractivity contribution is 7.10. The van der Waals surface area contributed by atoms with Gasteiger partial charge in [0.05, 0.1) is 11.5 Å². The van der Waals surface area contributed by atoms with Gasteiger partial charge in [0.15, 0.2) is 0 Å². The van der Waals surface area contributed by atoms with Crippen molar-refractivity contribution >= 4 is 17.2 Å². The van der Waals surface area contributed by atoms with Crippen molar-refractivity contribution in [3.05, 3.63) is 58.3 Å². The van der Waals surface area contributed by atoms with Gasteiger partial charge in [0, 0.05) is 18.1 Å². The van der Waals surface area contributed by atoms with Crippen molar-refractivity contribution in [1.82, 2.24) is 5.32 Å². The van der Waals surface area contributed by atoms with Gasteiger partial charge < -0.3 is 10.1 Å². The number of hydrogen-bond donors (Lipinski definition) is 1. The Morgan fingerprint density at radius 3 is 2.55 bits per heavy atom. The molecule has 1 aliphatic rings. The summed E-state index contributed by atoms with van der Waals surface area (Å²) in [4.78, 5) is 14.2. The first-order valence-electron chi connectivity index (χ1n) is 7.70. The maximum atomic E-state index is 13.0. The van der Waals surface area contributed by atoms with Gasteiger partial charge in [0.25, 0.3) is 0 Å². The Bertz CT molecular complexity index is 603. The lowest BCUT2D eigenvalue weighted by atomic mass is 9.77. The van der Waals surface area contributed by atoms with Crippen LogP contribution in [0.4, 0.5) is 0 Å². The SMILES string of the molecule is C[C@H](NC(=O)C1(c2cccs2)CCOCC1)c1ccccc1. The van der Waals surface area contributed by atoms with E-state index in [2.05, 4.69) is 11.4 Å². The molecule has 0 unspecified atom stereocenters. The van der Waals surface area contributed by atoms with Crippen molar-refractivity contribution in [2.24, 2.45) is 0 Å². The zero-order valence-electron chi connectivity index (χ0n) is 12.7. The van der Waals surface area contributed by atoms with Gasteiger partial charge in [-0.25, -0.2) is 0 Å². The van der Waals surface area contributed by atoms with Crippen molar-refractivity contribution in [1.29, 1.82) is 0 Å². The second kappa shape index (κ2) is 6.63. The van der Waals surface area contributed by atoms with Crippen LogP contribution in [0.5, 0.6) is 0 Å². The van der Waals surface area contributed by atoms with Crippen molar-refractivity contribution in [3.63, 3.8) is 0 Å². The average Bonchev–Trinajstić information content (AvgIpc) is 3.11. The van der Waals surface area contributed by atoms with E-state index in [9.17, 15) is 4.79 Å². The minimum atomic E-state index is -0.435. The van der Waals surface area contributed by atoms with Crippen LogP contribution in [0, 0.1) is 0 Å². The third kappa shape index (κ3) is 2.94. The summed E-state index contributed by atoms with van der Waals surface area (Å²) >= 11 is 1.66. The molecule has 1 N–H and O–H groups in total. The molecule has 1 aromatic heterocycles. The van der Waals surface area contributed by atoms with Gasteiger partial charge in [-0.1, -0.05) is 36.4 Å². The summed E-state index contributed by atoms with van der Waals surface area (Å²) in [7, 11) is 0. The lowest BCUT2D eigenvalue weighted by Crippen LogP contribution is -2.48. The highest BCUT2D eigenvalue weighted by atomic mass is 32.1. The van der Waals surface area contributed by atoms with Crippen LogP contribution in [0.1, 0.15) is 36.2 Å². The van der Waals surface area contributed by atoms with E-state index < -0.39 is 5.41 Å². The largest absolute Gasteiger partial charge is 0.381 e. The maximum absolute atomic E-state index is 13.0. The van der Waals surface area contributed by atoms with Crippen LogP contribution in [0.3, 0.4) is 0 Å². The van der Waals surface area contributed by atoms with E-state index in [1.54, 1.807) is 11.3 Å². The summed E-state index contributed by atoms with van der Waals surface area (Å²) in [5.74, 6) is 0.120. The van der Waals surface area contributed by atoms with Crippen LogP contribution in [0.25, 0.3) is 0 Å². The summed E-state index contributed by atoms with van der Waals surface area (Å²) in [6, 6.07) is 14.2. The Morgan fingerprint density at radius 1 is 1.18 bits per heavy atom. The molecule has 3 rings (SSSR count). The number of thiophene rings is 1. The second-order valence-electron chi connectivity index (χ2n) is 5.78. The Kier molecular flexibility index (Phi) is 4.60. The highest BCUT2D eigenvalue weighted by Gasteiger charge is 2.42. The summed E-state index contributed by atoms with van der Waals surface area (Å²) in [6.45, 7) is 3.32. The third-order valence-electron chi connectivity index (χ3n) is 4.42. The standard InChI is InChI=1S/C18H21NO2S/c1-14(15-6-3-2-4-7-15)19-17(20)18(9-11-21-12-10-18)16-8-5-13-22-16/h2-8,13-14H,9-12H2,1H3,(H,19,20)/t14-/m0/s1. The molecule has 1 fully saturated rings. The van der Waals surface area contributed by atoms with E-state index in [0.29, 0.717) is 13.2 Å². The minimum absolute atomic E-state index is 0.00776. The third-order valence-corrected chi connectivity index (χ3v) is 5.49. The zero-order chi connectivity index (χ0) is 15.4. The highest BCUT2D eigenvalue weighted by Crippen LogP contribution is 2.38. The molecule has 1 amide bonds. The molecule has 4 heteroatoms. The molecule has 1 atom stereocenters. The van der Waals surface area contributed by atoms with E-state index in [4.69, 9.17) is 4.74 Å². The zero-order valence-corrected chi connectivity index (χ0v) is 13.6. The van der Waals surface area contributed by atoms with E-state index in [1.165, 1.54) is 0 Å². The molecular weight excluding hydrogens is 294 g/mol. The molecular formula is C18H21NO2S. The lowest BCUT2D eigenvalue weighted by molar-refractivity contribution is -0.131. The summed E-state index contributed by atoms with van der Waals surface area (Å²) in [5.41, 5.74) is 0.694. The molecule has 0 saturated carbocycles. The predicted molar refractivity (Wildman–Crippen MR) is 89.0 cm³/mol. The van der Waals surface area contributed by atoms with Crippen molar-refractivity contribution in [2.45, 2.75) is 31.2 Å². The van der Waals surface area contributed by atoms with Crippen molar-refractivity contribution < 1.29 is 9.53 Å². The van der Waals surface area contributed by atoms with E-state index >= 15 is 0 Å². The molecule has 2 heterocycles. The number of carbonyl (C=O) groups excluding carboxylic acids is 1. The van der Waals surface area contributed by atoms with Gasteiger partial charge in [-0.05, 0) is 36.8 Å². The Hall–Kier alpha value is -1.65. The van der Waals surface area contributed by atoms with Gasteiger partial charge in [0.2, 0.25) is 5.91 Å². The van der Waals surface area contributed by atoms with Gasteiger partial charge in [-0.2, -0.15) is 0 Å². The van der Waals surface area contributed by atoms with E-state index in [1.807, 2.05) is 48.7 Å². The number of nitrogens with one attached hydrogen (secondary N) is 1. The van der Waals surface area contributed by atoms with Crippen LogP contribution in [-0.2, 0) is 14.9 Å². The lowest BCUT2D eigenvalue weighted by Gasteiger charge is -2.36. The number of carbonyl (C=O) groups is 1. The van der Waals surface area contributed by atoms with Gasteiger partial charge >= 0.3 is 0 Å². The molecule has 1 saturated heterocycles. The Morgan fingerprint density at radius 2 is 1.91 bits per heavy atom. The van der Waals surface area contributed by atoms with Crippen LogP contribution < -0.4 is 5.32 Å². The number of benzene rings is 1. The van der Waals surface area contributed by atoms with Gasteiger partial charge in [-0.15, -0.1) is 11.3 Å². The molecule has 1 aromatic carbocycles. The number of amides is 1. The average molecular weight is 315 g/mol. The topological polar surface area (TPSA) is 38.3 Å². The number of ether oxygens (including phenoxy) is 1.